The topological polar surface area (TPSA) is 101 Å². The average molecular weight is 294 g/mol. The number of thiophene rings is 1. The summed E-state index contributed by atoms with van der Waals surface area (Å²) in [6.07, 6.45) is 0. The number of rotatable bonds is 2. The average Bonchev–Trinajstić information content (AvgIpc) is 2.53. The maximum atomic E-state index is 10.8. The molecule has 1 aromatic heterocycles. The highest BCUT2D eigenvalue weighted by Crippen LogP contribution is 2.44. The van der Waals surface area contributed by atoms with E-state index >= 15 is 0 Å². The molecule has 0 aromatic carbocycles. The van der Waals surface area contributed by atoms with Gasteiger partial charge < -0.3 is 0 Å². The van der Waals surface area contributed by atoms with Crippen molar-refractivity contribution in [1.29, 1.82) is 0 Å². The van der Waals surface area contributed by atoms with Gasteiger partial charge in [0, 0.05) is 16.1 Å². The second kappa shape index (κ2) is 5.48. The quantitative estimate of drug-likeness (QED) is 0.728. The Bertz CT molecular complexity index is 408. The molecule has 0 bridgehead atoms. The predicted octanol–water partition coefficient (Wildman–Crippen LogP) is 2.69. The van der Waals surface area contributed by atoms with Crippen molar-refractivity contribution in [3.63, 3.8) is 0 Å². The first-order valence-corrected chi connectivity index (χ1v) is 8.60. The first-order valence-electron chi connectivity index (χ1n) is 3.80. The van der Waals surface area contributed by atoms with Crippen molar-refractivity contribution >= 4 is 41.8 Å². The lowest BCUT2D eigenvalue weighted by atomic mass is 10.7. The zero-order valence-corrected chi connectivity index (χ0v) is 11.3. The van der Waals surface area contributed by atoms with Gasteiger partial charge in [0.25, 0.3) is 9.05 Å². The van der Waals surface area contributed by atoms with Gasteiger partial charge in [-0.1, -0.05) is 13.8 Å². The Kier molecular flexibility index (Phi) is 5.55. The molecule has 0 saturated carbocycles. The van der Waals surface area contributed by atoms with Crippen LogP contribution in [0.2, 0.25) is 0 Å². The fourth-order valence-electron chi connectivity index (χ4n) is 0.586. The molecule has 0 aliphatic rings. The van der Waals surface area contributed by atoms with Crippen LogP contribution in [-0.4, -0.2) is 17.5 Å². The van der Waals surface area contributed by atoms with Crippen molar-refractivity contribution in [2.75, 3.05) is 0 Å². The van der Waals surface area contributed by atoms with Gasteiger partial charge in [-0.2, -0.15) is 0 Å². The smallest absolute Gasteiger partial charge is 0.262 e. The Morgan fingerprint density at radius 3 is 2.07 bits per heavy atom. The van der Waals surface area contributed by atoms with Gasteiger partial charge >= 0.3 is 0 Å². The van der Waals surface area contributed by atoms with Gasteiger partial charge in [-0.3, -0.25) is 9.11 Å². The normalized spacial score (nSPS) is 12.9. The summed E-state index contributed by atoms with van der Waals surface area (Å²) < 4.78 is 39.4. The molecule has 0 saturated heterocycles. The Balaban J connectivity index is 0.000000921. The molecule has 1 rings (SSSR count). The van der Waals surface area contributed by atoms with Crippen LogP contribution in [0.15, 0.2) is 20.6 Å². The molecular formula is C6H12ClNO4S3. The Morgan fingerprint density at radius 2 is 1.87 bits per heavy atom. The maximum Gasteiger partial charge on any atom is 0.262 e. The van der Waals surface area contributed by atoms with Crippen LogP contribution < -0.4 is 5.14 Å². The molecule has 1 heterocycles. The molecule has 90 valence electrons. The van der Waals surface area contributed by atoms with E-state index < -0.39 is 19.8 Å². The number of hydrogen-bond donors (Lipinski definition) is 3. The molecule has 0 radical (unpaired) electrons. The Labute approximate surface area is 98.8 Å². The van der Waals surface area contributed by atoms with Crippen LogP contribution in [0.4, 0.5) is 0 Å². The third-order valence-electron chi connectivity index (χ3n) is 1.13. The highest BCUT2D eigenvalue weighted by molar-refractivity contribution is 8.23. The molecule has 0 amide bonds. The fraction of sp³-hybridized carbons (Fsp3) is 0.333. The van der Waals surface area contributed by atoms with Crippen molar-refractivity contribution in [1.82, 2.24) is 0 Å². The summed E-state index contributed by atoms with van der Waals surface area (Å²) in [5.41, 5.74) is 0. The highest BCUT2D eigenvalue weighted by Gasteiger charge is 2.18. The number of halogens is 1. The Morgan fingerprint density at radius 1 is 1.40 bits per heavy atom. The van der Waals surface area contributed by atoms with Crippen LogP contribution in [0.3, 0.4) is 0 Å². The van der Waals surface area contributed by atoms with Crippen LogP contribution in [0.5, 0.6) is 0 Å². The molecule has 5 nitrogen and oxygen atoms in total. The van der Waals surface area contributed by atoms with Gasteiger partial charge in [-0.15, -0.1) is 22.1 Å². The van der Waals surface area contributed by atoms with Gasteiger partial charge in [0.05, 0.1) is 4.90 Å². The minimum absolute atomic E-state index is 0.00766. The number of hydrogen-bond acceptors (Lipinski definition) is 6. The molecule has 0 fully saturated rings. The van der Waals surface area contributed by atoms with Crippen molar-refractivity contribution in [3.8, 4) is 0 Å². The molecule has 0 unspecified atom stereocenters. The molecule has 4 N–H and O–H groups in total. The largest absolute Gasteiger partial charge is 0.281 e. The van der Waals surface area contributed by atoms with Crippen LogP contribution in [0.1, 0.15) is 13.8 Å². The molecule has 0 aliphatic heterocycles. The highest BCUT2D eigenvalue weighted by atomic mass is 35.7. The fourth-order valence-corrected chi connectivity index (χ4v) is 3.57. The van der Waals surface area contributed by atoms with E-state index in [1.807, 2.05) is 13.8 Å². The maximum absolute atomic E-state index is 10.8. The second-order valence-electron chi connectivity index (χ2n) is 2.13. The predicted molar refractivity (Wildman–Crippen MR) is 64.0 cm³/mol. The minimum Gasteiger partial charge on any atom is -0.281 e. The summed E-state index contributed by atoms with van der Waals surface area (Å²) in [5.74, 6) is 0. The van der Waals surface area contributed by atoms with Crippen LogP contribution in [-0.2, 0) is 9.05 Å². The van der Waals surface area contributed by atoms with Crippen molar-refractivity contribution in [3.05, 3.63) is 11.4 Å². The van der Waals surface area contributed by atoms with Gasteiger partial charge in [-0.05, 0) is 6.07 Å². The van der Waals surface area contributed by atoms with E-state index in [0.717, 1.165) is 17.4 Å². The third kappa shape index (κ3) is 4.68. The lowest BCUT2D eigenvalue weighted by Gasteiger charge is -2.23. The standard InChI is InChI=1S/C4H6ClNO4S3.C2H6/c5-12(7,8)3-1-4(11-2-3)13(6,9)10;1-2/h1-2,9-10H,6H2;1-2H3. The molecule has 9 heteroatoms. The summed E-state index contributed by atoms with van der Waals surface area (Å²) in [5, 5.41) is 6.17. The Hall–Kier alpha value is 0.170. The van der Waals surface area contributed by atoms with Crippen molar-refractivity contribution in [2.24, 2.45) is 5.14 Å². The van der Waals surface area contributed by atoms with E-state index in [9.17, 15) is 8.42 Å². The van der Waals surface area contributed by atoms with E-state index in [-0.39, 0.29) is 9.10 Å². The second-order valence-corrected chi connectivity index (χ2v) is 7.49. The third-order valence-corrected chi connectivity index (χ3v) is 5.07. The zero-order valence-electron chi connectivity index (χ0n) is 8.05. The van der Waals surface area contributed by atoms with Gasteiger partial charge in [0.2, 0.25) is 0 Å². The lowest BCUT2D eigenvalue weighted by molar-refractivity contribution is 0.491. The molecule has 0 atom stereocenters. The first kappa shape index (κ1) is 15.2. The molecule has 0 spiro atoms. The molecule has 1 aromatic rings. The summed E-state index contributed by atoms with van der Waals surface area (Å²) in [6, 6.07) is 1.04. The van der Waals surface area contributed by atoms with Crippen molar-refractivity contribution in [2.45, 2.75) is 23.0 Å². The summed E-state index contributed by atoms with van der Waals surface area (Å²) in [6.45, 7) is 4.00. The zero-order chi connectivity index (χ0) is 12.3. The van der Waals surface area contributed by atoms with Crippen LogP contribution in [0.25, 0.3) is 0 Å². The van der Waals surface area contributed by atoms with Gasteiger partial charge in [0.15, 0.2) is 0 Å². The van der Waals surface area contributed by atoms with Gasteiger partial charge in [-0.25, -0.2) is 13.6 Å². The van der Waals surface area contributed by atoms with E-state index in [1.54, 1.807) is 0 Å². The van der Waals surface area contributed by atoms with E-state index in [0.29, 0.717) is 0 Å². The van der Waals surface area contributed by atoms with E-state index in [4.69, 9.17) is 24.9 Å². The summed E-state index contributed by atoms with van der Waals surface area (Å²) in [7, 11) is -2.16. The van der Waals surface area contributed by atoms with Crippen LogP contribution in [0, 0.1) is 0 Å². The molecule has 15 heavy (non-hydrogen) atoms. The lowest BCUT2D eigenvalue weighted by Crippen LogP contribution is -2.06. The van der Waals surface area contributed by atoms with Crippen molar-refractivity contribution < 1.29 is 17.5 Å². The van der Waals surface area contributed by atoms with E-state index in [2.05, 4.69) is 0 Å². The van der Waals surface area contributed by atoms with Gasteiger partial charge in [0.1, 0.15) is 4.21 Å². The molecular weight excluding hydrogens is 282 g/mol. The minimum atomic E-state index is -3.82. The van der Waals surface area contributed by atoms with Crippen LogP contribution >= 0.6 is 32.8 Å². The molecule has 0 aliphatic carbocycles. The summed E-state index contributed by atoms with van der Waals surface area (Å²) in [4.78, 5) is -0.181. The van der Waals surface area contributed by atoms with E-state index in [1.165, 1.54) is 5.38 Å². The number of nitrogens with two attached hydrogens (primary N) is 1. The first-order chi connectivity index (χ1) is 6.71. The SMILES string of the molecule is CC.NS(O)(O)c1cc(S(=O)(=O)Cl)cs1. The monoisotopic (exact) mass is 293 g/mol. The summed E-state index contributed by atoms with van der Waals surface area (Å²) >= 11 is 0.832.